The highest BCUT2D eigenvalue weighted by Gasteiger charge is 2.34. The Hall–Kier alpha value is -2.74. The van der Waals surface area contributed by atoms with Gasteiger partial charge in [0.1, 0.15) is 5.75 Å². The molecule has 0 radical (unpaired) electrons. The molecule has 0 aliphatic rings. The van der Waals surface area contributed by atoms with Crippen LogP contribution >= 0.6 is 23.2 Å². The Morgan fingerprint density at radius 1 is 1.05 bits per heavy atom. The molecule has 3 aromatic carbocycles. The van der Waals surface area contributed by atoms with Gasteiger partial charge in [-0.05, 0) is 59.4 Å². The number of ether oxygens (including phenoxy) is 1. The number of hydrogen-bond donors (Lipinski definition) is 1. The van der Waals surface area contributed by atoms with Crippen molar-refractivity contribution >= 4 is 29.2 Å². The summed E-state index contributed by atoms with van der Waals surface area (Å²) in [7, 11) is 0. The molecule has 0 fully saturated rings. The van der Waals surface area contributed by atoms with Crippen molar-refractivity contribution in [3.63, 3.8) is 0 Å². The molecule has 0 spiro atoms. The fourth-order valence-corrected chi connectivity index (χ4v) is 4.50. The van der Waals surface area contributed by atoms with Crippen LogP contribution in [0, 0.1) is 0 Å². The Kier molecular flexibility index (Phi) is 10.3. The molecule has 0 aliphatic carbocycles. The van der Waals surface area contributed by atoms with Crippen LogP contribution < -0.4 is 4.74 Å². The largest absolute Gasteiger partial charge is 0.494 e. The van der Waals surface area contributed by atoms with E-state index in [1.54, 1.807) is 30.3 Å². The second-order valence-corrected chi connectivity index (χ2v) is 9.70. The number of nitrogens with zero attached hydrogens (tertiary/aromatic N) is 1. The molecule has 3 rings (SSSR count). The van der Waals surface area contributed by atoms with Crippen LogP contribution in [0.3, 0.4) is 0 Å². The number of halogens is 5. The van der Waals surface area contributed by atoms with Crippen molar-refractivity contribution in [1.82, 2.24) is 4.90 Å². The molecule has 9 heteroatoms. The molecule has 0 unspecified atom stereocenters. The van der Waals surface area contributed by atoms with Gasteiger partial charge in [0.05, 0.1) is 23.6 Å². The number of aliphatic carboxylic acids is 1. The van der Waals surface area contributed by atoms with Crippen LogP contribution in [-0.2, 0) is 23.9 Å². The molecule has 0 aliphatic heterocycles. The highest BCUT2D eigenvalue weighted by molar-refractivity contribution is 6.32. The Bertz CT molecular complexity index is 1190. The molecule has 0 aromatic heterocycles. The first-order valence-corrected chi connectivity index (χ1v) is 12.5. The SMILES string of the molecule is C[C@H](CN(CCCOc1cccc(CC(=O)O)c1)Cc1cccc(C(F)(F)F)c1Cl)c1ccc(Cl)cc1. The molecule has 0 heterocycles. The highest BCUT2D eigenvalue weighted by atomic mass is 35.5. The highest BCUT2D eigenvalue weighted by Crippen LogP contribution is 2.36. The third-order valence-electron chi connectivity index (χ3n) is 5.89. The van der Waals surface area contributed by atoms with Crippen molar-refractivity contribution in [1.29, 1.82) is 0 Å². The van der Waals surface area contributed by atoms with Gasteiger partial charge >= 0.3 is 12.1 Å². The maximum absolute atomic E-state index is 13.4. The van der Waals surface area contributed by atoms with Gasteiger partial charge in [-0.25, -0.2) is 0 Å². The van der Waals surface area contributed by atoms with E-state index in [0.29, 0.717) is 48.0 Å². The van der Waals surface area contributed by atoms with Crippen molar-refractivity contribution in [2.75, 3.05) is 19.7 Å². The van der Waals surface area contributed by atoms with E-state index in [2.05, 4.69) is 11.8 Å². The number of benzene rings is 3. The lowest BCUT2D eigenvalue weighted by atomic mass is 10.00. The van der Waals surface area contributed by atoms with Gasteiger partial charge < -0.3 is 9.84 Å². The van der Waals surface area contributed by atoms with Crippen LogP contribution in [0.1, 0.15) is 41.5 Å². The third kappa shape index (κ3) is 8.95. The zero-order chi connectivity index (χ0) is 27.0. The number of carboxylic acid groups (broad SMARTS) is 1. The number of alkyl halides is 3. The lowest BCUT2D eigenvalue weighted by molar-refractivity contribution is -0.138. The molecule has 0 amide bonds. The number of carboxylic acids is 1. The minimum atomic E-state index is -4.53. The lowest BCUT2D eigenvalue weighted by Gasteiger charge is -2.27. The molecule has 198 valence electrons. The predicted octanol–water partition coefficient (Wildman–Crippen LogP) is 7.71. The maximum Gasteiger partial charge on any atom is 0.417 e. The van der Waals surface area contributed by atoms with Crippen LogP contribution in [0.2, 0.25) is 10.0 Å². The summed E-state index contributed by atoms with van der Waals surface area (Å²) in [4.78, 5) is 13.0. The molecule has 0 saturated carbocycles. The average Bonchev–Trinajstić information content (AvgIpc) is 2.82. The van der Waals surface area contributed by atoms with Crippen LogP contribution in [0.4, 0.5) is 13.2 Å². The third-order valence-corrected chi connectivity index (χ3v) is 6.59. The first-order valence-electron chi connectivity index (χ1n) is 11.8. The predicted molar refractivity (Wildman–Crippen MR) is 139 cm³/mol. The van der Waals surface area contributed by atoms with Gasteiger partial charge in [-0.1, -0.05) is 66.5 Å². The first kappa shape index (κ1) is 28.8. The van der Waals surface area contributed by atoms with E-state index in [1.165, 1.54) is 6.07 Å². The van der Waals surface area contributed by atoms with E-state index >= 15 is 0 Å². The molecule has 1 N–H and O–H groups in total. The zero-order valence-electron chi connectivity index (χ0n) is 20.3. The summed E-state index contributed by atoms with van der Waals surface area (Å²) >= 11 is 12.2. The monoisotopic (exact) mass is 553 g/mol. The summed E-state index contributed by atoms with van der Waals surface area (Å²) in [6.07, 6.45) is -4.02. The van der Waals surface area contributed by atoms with E-state index in [4.69, 9.17) is 33.0 Å². The number of carbonyl (C=O) groups is 1. The maximum atomic E-state index is 13.4. The standard InChI is InChI=1S/C28H28Cl2F3NO3/c1-19(21-9-11-23(29)12-10-21)17-34(18-22-6-3-8-25(27(22)30)28(31,32)33)13-4-14-37-24-7-2-5-20(15-24)16-26(35)36/h2-3,5-12,15,19H,4,13-14,16-18H2,1H3,(H,35,36)/t19-/m1/s1. The molecule has 3 aromatic rings. The molecular weight excluding hydrogens is 526 g/mol. The van der Waals surface area contributed by atoms with Crippen LogP contribution in [-0.4, -0.2) is 35.7 Å². The number of rotatable bonds is 12. The normalized spacial score (nSPS) is 12.5. The van der Waals surface area contributed by atoms with Gasteiger partial charge in [0.15, 0.2) is 0 Å². The number of hydrogen-bond acceptors (Lipinski definition) is 3. The average molecular weight is 554 g/mol. The van der Waals surface area contributed by atoms with Crippen molar-refractivity contribution in [3.05, 3.63) is 99.0 Å². The van der Waals surface area contributed by atoms with Gasteiger partial charge in [-0.2, -0.15) is 13.2 Å². The minimum absolute atomic E-state index is 0.0920. The van der Waals surface area contributed by atoms with Crippen LogP contribution in [0.15, 0.2) is 66.7 Å². The quantitative estimate of drug-likeness (QED) is 0.233. The smallest absolute Gasteiger partial charge is 0.417 e. The summed E-state index contributed by atoms with van der Waals surface area (Å²) in [6, 6.07) is 18.4. The van der Waals surface area contributed by atoms with Gasteiger partial charge in [-0.3, -0.25) is 9.69 Å². The van der Waals surface area contributed by atoms with Crippen LogP contribution in [0.5, 0.6) is 5.75 Å². The summed E-state index contributed by atoms with van der Waals surface area (Å²) < 4.78 is 46.0. The molecular formula is C28H28Cl2F3NO3. The van der Waals surface area contributed by atoms with E-state index < -0.39 is 17.7 Å². The van der Waals surface area contributed by atoms with Gasteiger partial charge in [-0.15, -0.1) is 0 Å². The lowest BCUT2D eigenvalue weighted by Crippen LogP contribution is -2.30. The van der Waals surface area contributed by atoms with E-state index in [-0.39, 0.29) is 23.9 Å². The van der Waals surface area contributed by atoms with Gasteiger partial charge in [0, 0.05) is 24.7 Å². The second kappa shape index (κ2) is 13.2. The molecule has 1 atom stereocenters. The summed E-state index contributed by atoms with van der Waals surface area (Å²) in [5, 5.41) is 9.32. The topological polar surface area (TPSA) is 49.8 Å². The van der Waals surface area contributed by atoms with Crippen molar-refractivity contribution < 1.29 is 27.8 Å². The van der Waals surface area contributed by atoms with Crippen molar-refractivity contribution in [3.8, 4) is 5.75 Å². The first-order chi connectivity index (χ1) is 17.5. The summed E-state index contributed by atoms with van der Waals surface area (Å²) in [6.45, 7) is 3.80. The second-order valence-electron chi connectivity index (χ2n) is 8.88. The summed E-state index contributed by atoms with van der Waals surface area (Å²) in [5.74, 6) is -0.257. The van der Waals surface area contributed by atoms with E-state index in [1.807, 2.05) is 24.3 Å². The van der Waals surface area contributed by atoms with Crippen molar-refractivity contribution in [2.45, 2.75) is 38.4 Å². The molecule has 0 saturated heterocycles. The zero-order valence-corrected chi connectivity index (χ0v) is 21.8. The molecule has 37 heavy (non-hydrogen) atoms. The van der Waals surface area contributed by atoms with Gasteiger partial charge in [0.25, 0.3) is 0 Å². The van der Waals surface area contributed by atoms with Gasteiger partial charge in [0.2, 0.25) is 0 Å². The van der Waals surface area contributed by atoms with E-state index in [9.17, 15) is 18.0 Å². The Morgan fingerprint density at radius 3 is 2.43 bits per heavy atom. The fraction of sp³-hybridized carbons (Fsp3) is 0.321. The molecule has 4 nitrogen and oxygen atoms in total. The summed E-state index contributed by atoms with van der Waals surface area (Å²) in [5.41, 5.74) is 1.27. The Balaban J connectivity index is 1.69. The Labute approximate surface area is 224 Å². The Morgan fingerprint density at radius 2 is 1.76 bits per heavy atom. The minimum Gasteiger partial charge on any atom is -0.494 e. The van der Waals surface area contributed by atoms with E-state index in [0.717, 1.165) is 11.6 Å². The fourth-order valence-electron chi connectivity index (χ4n) is 4.08. The van der Waals surface area contributed by atoms with Crippen LogP contribution in [0.25, 0.3) is 0 Å². The molecule has 0 bridgehead atoms. The van der Waals surface area contributed by atoms with Crippen molar-refractivity contribution in [2.24, 2.45) is 0 Å².